The van der Waals surface area contributed by atoms with E-state index >= 15 is 0 Å². The van der Waals surface area contributed by atoms with Gasteiger partial charge in [0.1, 0.15) is 12.2 Å². The van der Waals surface area contributed by atoms with Crippen LogP contribution in [0.1, 0.15) is 37.2 Å². The van der Waals surface area contributed by atoms with Crippen molar-refractivity contribution in [1.29, 1.82) is 0 Å². The second kappa shape index (κ2) is 6.45. The van der Waals surface area contributed by atoms with Gasteiger partial charge in [-0.25, -0.2) is 4.39 Å². The van der Waals surface area contributed by atoms with Crippen LogP contribution in [0.25, 0.3) is 0 Å². The molecule has 116 valence electrons. The van der Waals surface area contributed by atoms with Crippen LogP contribution in [0.3, 0.4) is 0 Å². The van der Waals surface area contributed by atoms with Crippen LogP contribution < -0.4 is 0 Å². The number of benzene rings is 1. The van der Waals surface area contributed by atoms with Gasteiger partial charge < -0.3 is 4.90 Å². The number of halogens is 4. The van der Waals surface area contributed by atoms with Gasteiger partial charge in [-0.15, -0.1) is 0 Å². The zero-order chi connectivity index (χ0) is 15.5. The highest BCUT2D eigenvalue weighted by atomic mass is 19.4. The normalized spacial score (nSPS) is 20.2. The zero-order valence-electron chi connectivity index (χ0n) is 11.5. The quantitative estimate of drug-likeness (QED) is 0.759. The summed E-state index contributed by atoms with van der Waals surface area (Å²) in [6.45, 7) is 0.618. The van der Waals surface area contributed by atoms with Crippen molar-refractivity contribution >= 4 is 5.91 Å². The van der Waals surface area contributed by atoms with E-state index in [0.29, 0.717) is 13.0 Å². The Morgan fingerprint density at radius 2 is 1.86 bits per heavy atom. The Morgan fingerprint density at radius 1 is 1.19 bits per heavy atom. The van der Waals surface area contributed by atoms with Crippen LogP contribution in [-0.2, 0) is 4.79 Å². The van der Waals surface area contributed by atoms with Gasteiger partial charge in [-0.05, 0) is 30.5 Å². The lowest BCUT2D eigenvalue weighted by Gasteiger charge is -2.25. The SMILES string of the molecule is O=C(CC(F)(F)F)N1CCCC[C@H](c2ccc(F)cc2)C1. The topological polar surface area (TPSA) is 20.3 Å². The molecule has 6 heteroatoms. The molecule has 0 N–H and O–H groups in total. The molecule has 0 saturated carbocycles. The third kappa shape index (κ3) is 4.72. The molecule has 1 fully saturated rings. The molecule has 1 aliphatic rings. The van der Waals surface area contributed by atoms with Crippen LogP contribution in [0.15, 0.2) is 24.3 Å². The van der Waals surface area contributed by atoms with E-state index in [1.165, 1.54) is 17.0 Å². The summed E-state index contributed by atoms with van der Waals surface area (Å²) in [5, 5.41) is 0. The molecule has 0 aromatic heterocycles. The van der Waals surface area contributed by atoms with Gasteiger partial charge >= 0.3 is 6.18 Å². The first-order valence-electron chi connectivity index (χ1n) is 6.95. The van der Waals surface area contributed by atoms with Gasteiger partial charge in [0.05, 0.1) is 0 Å². The fraction of sp³-hybridized carbons (Fsp3) is 0.533. The lowest BCUT2D eigenvalue weighted by molar-refractivity contribution is -0.161. The molecule has 1 aromatic carbocycles. The van der Waals surface area contributed by atoms with Crippen LogP contribution in [0.2, 0.25) is 0 Å². The summed E-state index contributed by atoms with van der Waals surface area (Å²) in [4.78, 5) is 13.0. The third-order valence-electron chi connectivity index (χ3n) is 3.72. The van der Waals surface area contributed by atoms with Crippen molar-refractivity contribution in [3.8, 4) is 0 Å². The lowest BCUT2D eigenvalue weighted by atomic mass is 9.94. The Hall–Kier alpha value is -1.59. The average molecular weight is 303 g/mol. The zero-order valence-corrected chi connectivity index (χ0v) is 11.5. The highest BCUT2D eigenvalue weighted by Gasteiger charge is 2.34. The smallest absolute Gasteiger partial charge is 0.342 e. The largest absolute Gasteiger partial charge is 0.397 e. The number of hydrogen-bond acceptors (Lipinski definition) is 1. The first kappa shape index (κ1) is 15.8. The van der Waals surface area contributed by atoms with Crippen LogP contribution >= 0.6 is 0 Å². The van der Waals surface area contributed by atoms with Crippen molar-refractivity contribution < 1.29 is 22.4 Å². The van der Waals surface area contributed by atoms with Crippen molar-refractivity contribution in [3.05, 3.63) is 35.6 Å². The summed E-state index contributed by atoms with van der Waals surface area (Å²) < 4.78 is 49.9. The van der Waals surface area contributed by atoms with Gasteiger partial charge in [-0.2, -0.15) is 13.2 Å². The van der Waals surface area contributed by atoms with Crippen LogP contribution in [-0.4, -0.2) is 30.1 Å². The molecule has 2 rings (SSSR count). The van der Waals surface area contributed by atoms with Gasteiger partial charge in [0.2, 0.25) is 5.91 Å². The van der Waals surface area contributed by atoms with Gasteiger partial charge in [0.15, 0.2) is 0 Å². The molecular formula is C15H17F4NO. The minimum Gasteiger partial charge on any atom is -0.342 e. The van der Waals surface area contributed by atoms with Gasteiger partial charge in [-0.3, -0.25) is 4.79 Å². The molecule has 2 nitrogen and oxygen atoms in total. The maximum atomic E-state index is 12.9. The van der Waals surface area contributed by atoms with Crippen molar-refractivity contribution in [2.24, 2.45) is 0 Å². The molecule has 1 atom stereocenters. The summed E-state index contributed by atoms with van der Waals surface area (Å²) in [7, 11) is 0. The van der Waals surface area contributed by atoms with E-state index < -0.39 is 18.5 Å². The standard InChI is InChI=1S/C15H17F4NO/c16-13-6-4-11(5-7-13)12-3-1-2-8-20(10-12)14(21)9-15(17,18)19/h4-7,12H,1-3,8-10H2/t12-/m0/s1. The Bertz CT molecular complexity index is 483. The molecular weight excluding hydrogens is 286 g/mol. The minimum absolute atomic E-state index is 0.0368. The van der Waals surface area contributed by atoms with Crippen LogP contribution in [0.5, 0.6) is 0 Å². The molecule has 1 saturated heterocycles. The molecule has 21 heavy (non-hydrogen) atoms. The highest BCUT2D eigenvalue weighted by Crippen LogP contribution is 2.28. The number of nitrogens with zero attached hydrogens (tertiary/aromatic N) is 1. The summed E-state index contributed by atoms with van der Waals surface area (Å²) >= 11 is 0. The van der Waals surface area contributed by atoms with E-state index in [2.05, 4.69) is 0 Å². The van der Waals surface area contributed by atoms with E-state index in [4.69, 9.17) is 0 Å². The molecule has 1 aromatic rings. The van der Waals surface area contributed by atoms with E-state index in [-0.39, 0.29) is 18.3 Å². The second-order valence-corrected chi connectivity index (χ2v) is 5.38. The van der Waals surface area contributed by atoms with E-state index in [9.17, 15) is 22.4 Å². The summed E-state index contributed by atoms with van der Waals surface area (Å²) in [5.74, 6) is -1.26. The third-order valence-corrected chi connectivity index (χ3v) is 3.72. The van der Waals surface area contributed by atoms with Crippen molar-refractivity contribution in [2.45, 2.75) is 37.8 Å². The molecule has 1 heterocycles. The fourth-order valence-electron chi connectivity index (χ4n) is 2.66. The van der Waals surface area contributed by atoms with E-state index in [1.54, 1.807) is 12.1 Å². The molecule has 0 spiro atoms. The first-order chi connectivity index (χ1) is 9.85. The molecule has 0 bridgehead atoms. The summed E-state index contributed by atoms with van der Waals surface area (Å²) in [5.41, 5.74) is 0.864. The number of amides is 1. The highest BCUT2D eigenvalue weighted by molar-refractivity contribution is 5.77. The Morgan fingerprint density at radius 3 is 2.48 bits per heavy atom. The van der Waals surface area contributed by atoms with Crippen LogP contribution in [0.4, 0.5) is 17.6 Å². The molecule has 0 unspecified atom stereocenters. The number of carbonyl (C=O) groups is 1. The minimum atomic E-state index is -4.48. The van der Waals surface area contributed by atoms with Crippen molar-refractivity contribution in [2.75, 3.05) is 13.1 Å². The average Bonchev–Trinajstić information content (AvgIpc) is 2.63. The van der Waals surface area contributed by atoms with Gasteiger partial charge in [0.25, 0.3) is 0 Å². The number of hydrogen-bond donors (Lipinski definition) is 0. The Kier molecular flexibility index (Phi) is 4.85. The molecule has 0 radical (unpaired) electrons. The molecule has 1 amide bonds. The number of likely N-dealkylation sites (tertiary alicyclic amines) is 1. The fourth-order valence-corrected chi connectivity index (χ4v) is 2.66. The van der Waals surface area contributed by atoms with Crippen molar-refractivity contribution in [3.63, 3.8) is 0 Å². The van der Waals surface area contributed by atoms with Gasteiger partial charge in [-0.1, -0.05) is 18.6 Å². The van der Waals surface area contributed by atoms with Crippen LogP contribution in [0, 0.1) is 5.82 Å². The lowest BCUT2D eigenvalue weighted by Crippen LogP contribution is -2.36. The summed E-state index contributed by atoms with van der Waals surface area (Å²) in [6, 6.07) is 5.94. The first-order valence-corrected chi connectivity index (χ1v) is 6.95. The number of alkyl halides is 3. The Labute approximate surface area is 120 Å². The Balaban J connectivity index is 2.07. The van der Waals surface area contributed by atoms with E-state index in [1.807, 2.05) is 0 Å². The van der Waals surface area contributed by atoms with E-state index in [0.717, 1.165) is 18.4 Å². The maximum Gasteiger partial charge on any atom is 0.397 e. The van der Waals surface area contributed by atoms with Gasteiger partial charge in [0, 0.05) is 19.0 Å². The predicted octanol–water partition coefficient (Wildman–Crippen LogP) is 3.87. The number of carbonyl (C=O) groups excluding carboxylic acids is 1. The maximum absolute atomic E-state index is 12.9. The predicted molar refractivity (Wildman–Crippen MR) is 70.2 cm³/mol. The molecule has 1 aliphatic heterocycles. The van der Waals surface area contributed by atoms with Crippen molar-refractivity contribution in [1.82, 2.24) is 4.90 Å². The number of rotatable bonds is 2. The summed E-state index contributed by atoms with van der Waals surface area (Å²) in [6.07, 6.45) is -3.56. The second-order valence-electron chi connectivity index (χ2n) is 5.38. The monoisotopic (exact) mass is 303 g/mol. The molecule has 0 aliphatic carbocycles.